The van der Waals surface area contributed by atoms with Gasteiger partial charge in [-0.2, -0.15) is 13.2 Å². The normalized spacial score (nSPS) is 18.9. The van der Waals surface area contributed by atoms with E-state index in [0.717, 1.165) is 31.5 Å². The number of hydrogen-bond donors (Lipinski definition) is 2. The van der Waals surface area contributed by atoms with E-state index in [-0.39, 0.29) is 5.92 Å². The number of nitrogens with one attached hydrogen (secondary N) is 1. The van der Waals surface area contributed by atoms with E-state index in [1.807, 2.05) is 30.3 Å². The lowest BCUT2D eigenvalue weighted by Crippen LogP contribution is -2.37. The number of halogens is 3. The largest absolute Gasteiger partial charge is 0.433 e. The minimum atomic E-state index is -4.69. The van der Waals surface area contributed by atoms with Crippen molar-refractivity contribution in [3.05, 3.63) is 65.7 Å². The molecule has 3 rings (SSSR count). The van der Waals surface area contributed by atoms with E-state index >= 15 is 0 Å². The van der Waals surface area contributed by atoms with Crippen LogP contribution in [0, 0.1) is 0 Å². The average Bonchev–Trinajstić information content (AvgIpc) is 2.68. The smallest absolute Gasteiger partial charge is 0.366 e. The summed E-state index contributed by atoms with van der Waals surface area (Å²) in [7, 11) is 0. The minimum absolute atomic E-state index is 0.174. The molecule has 0 aromatic heterocycles. The van der Waals surface area contributed by atoms with Crippen molar-refractivity contribution in [2.45, 2.75) is 44.1 Å². The van der Waals surface area contributed by atoms with Crippen molar-refractivity contribution in [1.82, 2.24) is 4.90 Å². The summed E-state index contributed by atoms with van der Waals surface area (Å²) in [4.78, 5) is 2.41. The lowest BCUT2D eigenvalue weighted by atomic mass is 9.87. The van der Waals surface area contributed by atoms with Gasteiger partial charge in [0, 0.05) is 11.7 Å². The Hall–Kier alpha value is -2.05. The molecular formula is C21H25F3N2O. The van der Waals surface area contributed by atoms with Gasteiger partial charge in [-0.05, 0) is 56.0 Å². The van der Waals surface area contributed by atoms with Gasteiger partial charge in [0.15, 0.2) is 0 Å². The van der Waals surface area contributed by atoms with E-state index in [1.54, 1.807) is 12.1 Å². The van der Waals surface area contributed by atoms with Crippen molar-refractivity contribution in [2.75, 3.05) is 18.4 Å². The molecule has 0 spiro atoms. The lowest BCUT2D eigenvalue weighted by molar-refractivity contribution is -0.194. The molecule has 2 unspecified atom stereocenters. The molecule has 3 nitrogen and oxygen atoms in total. The molecule has 2 atom stereocenters. The summed E-state index contributed by atoms with van der Waals surface area (Å²) in [5.74, 6) is 0.174. The number of piperidine rings is 1. The highest BCUT2D eigenvalue weighted by Crippen LogP contribution is 2.36. The summed E-state index contributed by atoms with van der Waals surface area (Å²) in [5.41, 5.74) is 2.47. The Kier molecular flexibility index (Phi) is 6.07. The highest BCUT2D eigenvalue weighted by atomic mass is 19.4. The molecule has 1 saturated heterocycles. The van der Waals surface area contributed by atoms with Crippen molar-refractivity contribution in [1.29, 1.82) is 0 Å². The summed E-state index contributed by atoms with van der Waals surface area (Å²) in [6.07, 6.45) is -5.51. The number of benzene rings is 2. The predicted molar refractivity (Wildman–Crippen MR) is 101 cm³/mol. The Balaban J connectivity index is 1.66. The number of anilines is 1. The molecule has 2 aromatic carbocycles. The quantitative estimate of drug-likeness (QED) is 0.725. The van der Waals surface area contributed by atoms with Crippen LogP contribution in [-0.2, 0) is 0 Å². The Labute approximate surface area is 157 Å². The van der Waals surface area contributed by atoms with Gasteiger partial charge in [0.2, 0.25) is 6.23 Å². The summed E-state index contributed by atoms with van der Waals surface area (Å²) in [6.45, 7) is 3.96. The molecule has 146 valence electrons. The van der Waals surface area contributed by atoms with E-state index < -0.39 is 12.4 Å². The number of aliphatic hydroxyl groups excluding tert-OH is 1. The molecule has 2 N–H and O–H groups in total. The second kappa shape index (κ2) is 8.31. The molecule has 2 aromatic rings. The predicted octanol–water partition coefficient (Wildman–Crippen LogP) is 4.92. The Bertz CT molecular complexity index is 728. The molecule has 27 heavy (non-hydrogen) atoms. The van der Waals surface area contributed by atoms with Gasteiger partial charge in [0.05, 0.1) is 0 Å². The van der Waals surface area contributed by atoms with Crippen molar-refractivity contribution >= 4 is 5.69 Å². The molecule has 6 heteroatoms. The SMILES string of the molecule is CC(c1ccccc1)N1CCC(c2ccccc2NC(O)C(F)(F)F)CC1. The summed E-state index contributed by atoms with van der Waals surface area (Å²) < 4.78 is 38.1. The molecule has 1 heterocycles. The number of para-hydroxylation sites is 1. The maximum Gasteiger partial charge on any atom is 0.433 e. The van der Waals surface area contributed by atoms with E-state index in [4.69, 9.17) is 0 Å². The van der Waals surface area contributed by atoms with Gasteiger partial charge in [-0.15, -0.1) is 0 Å². The van der Waals surface area contributed by atoms with E-state index in [9.17, 15) is 18.3 Å². The van der Waals surface area contributed by atoms with Crippen molar-refractivity contribution < 1.29 is 18.3 Å². The molecule has 0 bridgehead atoms. The first-order valence-electron chi connectivity index (χ1n) is 9.25. The van der Waals surface area contributed by atoms with E-state index in [0.29, 0.717) is 11.7 Å². The standard InChI is InChI=1S/C21H25F3N2O/c1-15(16-7-3-2-4-8-16)26-13-11-17(12-14-26)18-9-5-6-10-19(18)25-20(27)21(22,23)24/h2-10,15,17,20,25,27H,11-14H2,1H3. The first kappa shape index (κ1) is 19.7. The van der Waals surface area contributed by atoms with Crippen molar-refractivity contribution in [2.24, 2.45) is 0 Å². The van der Waals surface area contributed by atoms with Crippen LogP contribution >= 0.6 is 0 Å². The van der Waals surface area contributed by atoms with Gasteiger partial charge in [-0.3, -0.25) is 4.90 Å². The molecule has 1 aliphatic heterocycles. The second-order valence-electron chi connectivity index (χ2n) is 7.07. The topological polar surface area (TPSA) is 35.5 Å². The van der Waals surface area contributed by atoms with Gasteiger partial charge in [-0.1, -0.05) is 48.5 Å². The van der Waals surface area contributed by atoms with E-state index in [1.165, 1.54) is 5.56 Å². The number of rotatable bonds is 5. The average molecular weight is 378 g/mol. The van der Waals surface area contributed by atoms with Crippen LogP contribution in [0.2, 0.25) is 0 Å². The third kappa shape index (κ3) is 4.82. The van der Waals surface area contributed by atoms with Gasteiger partial charge in [0.1, 0.15) is 0 Å². The van der Waals surface area contributed by atoms with Gasteiger partial charge in [0.25, 0.3) is 0 Å². The monoisotopic (exact) mass is 378 g/mol. The third-order valence-electron chi connectivity index (χ3n) is 5.36. The first-order chi connectivity index (χ1) is 12.9. The van der Waals surface area contributed by atoms with Crippen LogP contribution in [0.25, 0.3) is 0 Å². The molecule has 0 saturated carbocycles. The van der Waals surface area contributed by atoms with Crippen LogP contribution < -0.4 is 5.32 Å². The van der Waals surface area contributed by atoms with Crippen LogP contribution in [0.4, 0.5) is 18.9 Å². The fraction of sp³-hybridized carbons (Fsp3) is 0.429. The molecule has 0 aliphatic carbocycles. The number of nitrogens with zero attached hydrogens (tertiary/aromatic N) is 1. The molecular weight excluding hydrogens is 353 g/mol. The molecule has 0 amide bonds. The molecule has 1 fully saturated rings. The highest BCUT2D eigenvalue weighted by molar-refractivity contribution is 5.53. The van der Waals surface area contributed by atoms with E-state index in [2.05, 4.69) is 29.3 Å². The first-order valence-corrected chi connectivity index (χ1v) is 9.25. The Morgan fingerprint density at radius 1 is 1.00 bits per heavy atom. The zero-order chi connectivity index (χ0) is 19.4. The van der Waals surface area contributed by atoms with Crippen LogP contribution in [0.3, 0.4) is 0 Å². The number of alkyl halides is 3. The number of hydrogen-bond acceptors (Lipinski definition) is 3. The third-order valence-corrected chi connectivity index (χ3v) is 5.36. The minimum Gasteiger partial charge on any atom is -0.366 e. The molecule has 1 aliphatic rings. The fourth-order valence-electron chi connectivity index (χ4n) is 3.75. The number of likely N-dealkylation sites (tertiary alicyclic amines) is 1. The summed E-state index contributed by atoms with van der Waals surface area (Å²) >= 11 is 0. The Morgan fingerprint density at radius 2 is 1.59 bits per heavy atom. The fourth-order valence-corrected chi connectivity index (χ4v) is 3.75. The number of aliphatic hydroxyl groups is 1. The lowest BCUT2D eigenvalue weighted by Gasteiger charge is -2.37. The summed E-state index contributed by atoms with van der Waals surface area (Å²) in [6, 6.07) is 17.6. The Morgan fingerprint density at radius 3 is 2.22 bits per heavy atom. The van der Waals surface area contributed by atoms with Gasteiger partial charge in [-0.25, -0.2) is 0 Å². The van der Waals surface area contributed by atoms with Crippen LogP contribution in [0.15, 0.2) is 54.6 Å². The van der Waals surface area contributed by atoms with Crippen LogP contribution in [-0.4, -0.2) is 35.5 Å². The highest BCUT2D eigenvalue weighted by Gasteiger charge is 2.39. The zero-order valence-electron chi connectivity index (χ0n) is 15.3. The van der Waals surface area contributed by atoms with Crippen molar-refractivity contribution in [3.8, 4) is 0 Å². The molecule has 0 radical (unpaired) electrons. The zero-order valence-corrected chi connectivity index (χ0v) is 15.3. The maximum absolute atomic E-state index is 12.7. The second-order valence-corrected chi connectivity index (χ2v) is 7.07. The van der Waals surface area contributed by atoms with Crippen LogP contribution in [0.5, 0.6) is 0 Å². The maximum atomic E-state index is 12.7. The van der Waals surface area contributed by atoms with Crippen LogP contribution in [0.1, 0.15) is 42.9 Å². The van der Waals surface area contributed by atoms with Gasteiger partial charge < -0.3 is 10.4 Å². The van der Waals surface area contributed by atoms with Crippen molar-refractivity contribution in [3.63, 3.8) is 0 Å². The summed E-state index contributed by atoms with van der Waals surface area (Å²) in [5, 5.41) is 11.6. The van der Waals surface area contributed by atoms with Gasteiger partial charge >= 0.3 is 6.18 Å².